The van der Waals surface area contributed by atoms with Crippen LogP contribution in [0.25, 0.3) is 0 Å². The first kappa shape index (κ1) is 9.00. The van der Waals surface area contributed by atoms with Gasteiger partial charge >= 0.3 is 5.97 Å². The number of esters is 1. The Morgan fingerprint density at radius 2 is 1.92 bits per heavy atom. The second-order valence-electron chi connectivity index (χ2n) is 4.64. The van der Waals surface area contributed by atoms with Crippen molar-refractivity contribution in [3.63, 3.8) is 0 Å². The molecular formula is C10H17NO2. The van der Waals surface area contributed by atoms with E-state index in [4.69, 9.17) is 4.74 Å². The molecule has 0 radical (unpaired) electrons. The quantitative estimate of drug-likeness (QED) is 0.611. The zero-order valence-corrected chi connectivity index (χ0v) is 8.30. The number of hydrogen-bond acceptors (Lipinski definition) is 3. The van der Waals surface area contributed by atoms with Gasteiger partial charge in [-0.2, -0.15) is 0 Å². The molecule has 2 unspecified atom stereocenters. The second-order valence-corrected chi connectivity index (χ2v) is 4.64. The fourth-order valence-electron chi connectivity index (χ4n) is 2.92. The fourth-order valence-corrected chi connectivity index (χ4v) is 2.92. The van der Waals surface area contributed by atoms with Crippen LogP contribution in [0.2, 0.25) is 0 Å². The first-order valence-electron chi connectivity index (χ1n) is 4.95. The summed E-state index contributed by atoms with van der Waals surface area (Å²) in [6.07, 6.45) is 1.99. The van der Waals surface area contributed by atoms with E-state index in [0.29, 0.717) is 11.8 Å². The third-order valence-electron chi connectivity index (χ3n) is 3.58. The van der Waals surface area contributed by atoms with Crippen molar-refractivity contribution in [1.29, 1.82) is 0 Å². The maximum absolute atomic E-state index is 11.5. The van der Waals surface area contributed by atoms with Gasteiger partial charge in [0.2, 0.25) is 0 Å². The summed E-state index contributed by atoms with van der Waals surface area (Å²) < 4.78 is 4.84. The molecule has 2 fully saturated rings. The van der Waals surface area contributed by atoms with Crippen molar-refractivity contribution in [2.75, 3.05) is 20.2 Å². The smallest absolute Gasteiger partial charge is 0.311 e. The van der Waals surface area contributed by atoms with Crippen molar-refractivity contribution in [3.05, 3.63) is 0 Å². The van der Waals surface area contributed by atoms with Crippen LogP contribution < -0.4 is 5.32 Å². The predicted octanol–water partition coefficient (Wildman–Crippen LogP) is 0.795. The SMILES string of the molecule is COC(=O)C1(C)CC2CNCC2C1. The summed E-state index contributed by atoms with van der Waals surface area (Å²) in [5.41, 5.74) is -0.202. The van der Waals surface area contributed by atoms with Gasteiger partial charge in [0.25, 0.3) is 0 Å². The van der Waals surface area contributed by atoms with Crippen molar-refractivity contribution in [1.82, 2.24) is 5.32 Å². The van der Waals surface area contributed by atoms with Gasteiger partial charge in [-0.15, -0.1) is 0 Å². The lowest BCUT2D eigenvalue weighted by atomic mass is 9.87. The minimum atomic E-state index is -0.202. The number of fused-ring (bicyclic) bond motifs is 1. The molecule has 0 amide bonds. The largest absolute Gasteiger partial charge is 0.469 e. The van der Waals surface area contributed by atoms with Crippen molar-refractivity contribution in [2.24, 2.45) is 17.3 Å². The Labute approximate surface area is 78.8 Å². The number of carbonyl (C=O) groups is 1. The van der Waals surface area contributed by atoms with Gasteiger partial charge in [0.1, 0.15) is 0 Å². The highest BCUT2D eigenvalue weighted by atomic mass is 16.5. The zero-order valence-electron chi connectivity index (χ0n) is 8.30. The number of carbonyl (C=O) groups excluding carboxylic acids is 1. The van der Waals surface area contributed by atoms with Crippen LogP contribution in [0.5, 0.6) is 0 Å². The van der Waals surface area contributed by atoms with Crippen LogP contribution in [0.1, 0.15) is 19.8 Å². The van der Waals surface area contributed by atoms with Crippen LogP contribution in [-0.2, 0) is 9.53 Å². The van der Waals surface area contributed by atoms with Gasteiger partial charge in [0.05, 0.1) is 12.5 Å². The monoisotopic (exact) mass is 183 g/mol. The molecule has 1 heterocycles. The van der Waals surface area contributed by atoms with E-state index in [0.717, 1.165) is 25.9 Å². The molecule has 1 aliphatic heterocycles. The summed E-state index contributed by atoms with van der Waals surface area (Å²) in [4.78, 5) is 11.5. The number of methoxy groups -OCH3 is 1. The van der Waals surface area contributed by atoms with Crippen molar-refractivity contribution in [2.45, 2.75) is 19.8 Å². The van der Waals surface area contributed by atoms with Gasteiger partial charge in [-0.1, -0.05) is 0 Å². The standard InChI is InChI=1S/C10H17NO2/c1-10(9(12)13-2)3-7-5-11-6-8(7)4-10/h7-8,11H,3-6H2,1-2H3. The number of hydrogen-bond donors (Lipinski definition) is 1. The van der Waals surface area contributed by atoms with E-state index >= 15 is 0 Å². The molecule has 74 valence electrons. The summed E-state index contributed by atoms with van der Waals surface area (Å²) >= 11 is 0. The van der Waals surface area contributed by atoms with E-state index in [-0.39, 0.29) is 11.4 Å². The molecule has 0 spiro atoms. The lowest BCUT2D eigenvalue weighted by Crippen LogP contribution is -2.28. The van der Waals surface area contributed by atoms with E-state index < -0.39 is 0 Å². The minimum absolute atomic E-state index is 0.0260. The average molecular weight is 183 g/mol. The Kier molecular flexibility index (Phi) is 2.06. The van der Waals surface area contributed by atoms with Crippen LogP contribution in [-0.4, -0.2) is 26.2 Å². The molecule has 0 aromatic carbocycles. The molecule has 1 saturated heterocycles. The summed E-state index contributed by atoms with van der Waals surface area (Å²) in [6.45, 7) is 4.20. The minimum Gasteiger partial charge on any atom is -0.469 e. The molecule has 13 heavy (non-hydrogen) atoms. The molecular weight excluding hydrogens is 166 g/mol. The average Bonchev–Trinajstić information content (AvgIpc) is 2.61. The van der Waals surface area contributed by atoms with Crippen molar-refractivity contribution in [3.8, 4) is 0 Å². The highest BCUT2D eigenvalue weighted by molar-refractivity contribution is 5.76. The van der Waals surface area contributed by atoms with E-state index in [1.165, 1.54) is 7.11 Å². The topological polar surface area (TPSA) is 38.3 Å². The number of ether oxygens (including phenoxy) is 1. The van der Waals surface area contributed by atoms with Crippen LogP contribution in [0.3, 0.4) is 0 Å². The van der Waals surface area contributed by atoms with Crippen molar-refractivity contribution < 1.29 is 9.53 Å². The van der Waals surface area contributed by atoms with Gasteiger partial charge in [-0.3, -0.25) is 4.79 Å². The number of nitrogens with one attached hydrogen (secondary N) is 1. The zero-order chi connectivity index (χ0) is 9.47. The van der Waals surface area contributed by atoms with E-state index in [1.54, 1.807) is 0 Å². The maximum Gasteiger partial charge on any atom is 0.311 e. The molecule has 2 aliphatic rings. The third-order valence-corrected chi connectivity index (χ3v) is 3.58. The van der Waals surface area contributed by atoms with Gasteiger partial charge in [0, 0.05) is 0 Å². The lowest BCUT2D eigenvalue weighted by molar-refractivity contribution is -0.151. The van der Waals surface area contributed by atoms with Crippen LogP contribution >= 0.6 is 0 Å². The molecule has 0 aromatic heterocycles. The molecule has 1 saturated carbocycles. The van der Waals surface area contributed by atoms with Crippen LogP contribution in [0.15, 0.2) is 0 Å². The molecule has 3 heteroatoms. The molecule has 1 aliphatic carbocycles. The fraction of sp³-hybridized carbons (Fsp3) is 0.900. The van der Waals surface area contributed by atoms with Gasteiger partial charge < -0.3 is 10.1 Å². The Hall–Kier alpha value is -0.570. The van der Waals surface area contributed by atoms with Gasteiger partial charge in [0.15, 0.2) is 0 Å². The van der Waals surface area contributed by atoms with Crippen molar-refractivity contribution >= 4 is 5.97 Å². The van der Waals surface area contributed by atoms with E-state index in [2.05, 4.69) is 5.32 Å². The summed E-state index contributed by atoms with van der Waals surface area (Å²) in [5, 5.41) is 3.37. The predicted molar refractivity (Wildman–Crippen MR) is 49.2 cm³/mol. The molecule has 2 rings (SSSR count). The van der Waals surface area contributed by atoms with Gasteiger partial charge in [-0.25, -0.2) is 0 Å². The highest BCUT2D eigenvalue weighted by Gasteiger charge is 2.49. The highest BCUT2D eigenvalue weighted by Crippen LogP contribution is 2.47. The Morgan fingerprint density at radius 1 is 1.38 bits per heavy atom. The molecule has 0 aromatic rings. The first-order chi connectivity index (χ1) is 6.15. The van der Waals surface area contributed by atoms with E-state index in [1.807, 2.05) is 6.92 Å². The lowest BCUT2D eigenvalue weighted by Gasteiger charge is -2.21. The molecule has 3 nitrogen and oxygen atoms in total. The van der Waals surface area contributed by atoms with Crippen LogP contribution in [0.4, 0.5) is 0 Å². The molecule has 2 atom stereocenters. The third kappa shape index (κ3) is 1.35. The Balaban J connectivity index is 2.08. The normalized spacial score (nSPS) is 43.2. The summed E-state index contributed by atoms with van der Waals surface area (Å²) in [7, 11) is 1.49. The van der Waals surface area contributed by atoms with Crippen LogP contribution in [0, 0.1) is 17.3 Å². The Morgan fingerprint density at radius 3 is 2.38 bits per heavy atom. The van der Waals surface area contributed by atoms with E-state index in [9.17, 15) is 4.79 Å². The second kappa shape index (κ2) is 2.98. The molecule has 0 bridgehead atoms. The molecule has 1 N–H and O–H groups in total. The van der Waals surface area contributed by atoms with Gasteiger partial charge in [-0.05, 0) is 44.7 Å². The maximum atomic E-state index is 11.5. The number of rotatable bonds is 1. The summed E-state index contributed by atoms with van der Waals surface area (Å²) in [6, 6.07) is 0. The first-order valence-corrected chi connectivity index (χ1v) is 4.95. The summed E-state index contributed by atoms with van der Waals surface area (Å²) in [5.74, 6) is 1.37. The Bertz CT molecular complexity index is 215.